The van der Waals surface area contributed by atoms with Crippen molar-refractivity contribution in [2.45, 2.75) is 26.1 Å². The smallest absolute Gasteiger partial charge is 0.433 e. The molecule has 1 unspecified atom stereocenters. The Kier molecular flexibility index (Phi) is 8.00. The molecular weight excluding hydrogens is 534 g/mol. The first-order valence-corrected chi connectivity index (χ1v) is 11.2. The Morgan fingerprint density at radius 2 is 1.84 bits per heavy atom. The molecule has 0 spiro atoms. The van der Waals surface area contributed by atoms with Crippen LogP contribution in [0.2, 0.25) is 10.0 Å². The largest absolute Gasteiger partial charge is 0.479 e. The Morgan fingerprint density at radius 1 is 1.16 bits per heavy atom. The van der Waals surface area contributed by atoms with Crippen molar-refractivity contribution in [2.24, 2.45) is 0 Å². The molecule has 1 amide bonds. The number of ether oxygens (including phenoxy) is 1. The summed E-state index contributed by atoms with van der Waals surface area (Å²) in [5.41, 5.74) is -0.567. The number of nitrogens with zero attached hydrogens (tertiary/aromatic N) is 3. The summed E-state index contributed by atoms with van der Waals surface area (Å²) in [6, 6.07) is 9.37. The van der Waals surface area contributed by atoms with Gasteiger partial charge in [0.1, 0.15) is 11.4 Å². The number of benzene rings is 2. The van der Waals surface area contributed by atoms with E-state index >= 15 is 0 Å². The van der Waals surface area contributed by atoms with Crippen LogP contribution in [-0.2, 0) is 11.0 Å². The summed E-state index contributed by atoms with van der Waals surface area (Å²) < 4.78 is 44.7. The third-order valence-electron chi connectivity index (χ3n) is 5.34. The summed E-state index contributed by atoms with van der Waals surface area (Å²) in [5, 5.41) is 19.0. The fourth-order valence-corrected chi connectivity index (χ4v) is 4.02. The van der Waals surface area contributed by atoms with Gasteiger partial charge in [0.05, 0.1) is 17.3 Å². The number of alkyl halides is 3. The fraction of sp³-hybridized carbons (Fsp3) is 0.200. The number of carboxylic acid groups (broad SMARTS) is 1. The van der Waals surface area contributed by atoms with Gasteiger partial charge >= 0.3 is 12.1 Å². The van der Waals surface area contributed by atoms with Crippen LogP contribution in [0.4, 0.5) is 18.9 Å². The Balaban J connectivity index is 2.07. The second kappa shape index (κ2) is 10.7. The zero-order chi connectivity index (χ0) is 27.7. The van der Waals surface area contributed by atoms with Crippen LogP contribution in [0.3, 0.4) is 0 Å². The number of carbonyl (C=O) groups is 2. The van der Waals surface area contributed by atoms with Crippen LogP contribution in [0.1, 0.15) is 34.1 Å². The number of carbonyl (C=O) groups excluding carboxylic acids is 1. The molecule has 0 bridgehead atoms. The Hall–Kier alpha value is -3.81. The summed E-state index contributed by atoms with van der Waals surface area (Å²) in [6.45, 7) is 2.98. The summed E-state index contributed by atoms with van der Waals surface area (Å²) >= 11 is 12.4. The first-order chi connectivity index (χ1) is 17.2. The van der Waals surface area contributed by atoms with Crippen LogP contribution in [0, 0.1) is 18.3 Å². The van der Waals surface area contributed by atoms with Crippen LogP contribution < -0.4 is 9.64 Å². The Bertz CT molecular complexity index is 1440. The lowest BCUT2D eigenvalue weighted by Gasteiger charge is -2.24. The number of nitriles is 1. The van der Waals surface area contributed by atoms with Crippen molar-refractivity contribution >= 4 is 40.8 Å². The van der Waals surface area contributed by atoms with E-state index in [0.29, 0.717) is 11.6 Å². The van der Waals surface area contributed by atoms with Gasteiger partial charge in [-0.2, -0.15) is 18.4 Å². The van der Waals surface area contributed by atoms with Crippen LogP contribution >= 0.6 is 23.2 Å². The molecule has 0 saturated carbocycles. The molecule has 192 valence electrons. The minimum atomic E-state index is -4.75. The maximum Gasteiger partial charge on any atom is 0.433 e. The third-order valence-corrected chi connectivity index (χ3v) is 5.89. The molecular formula is C25H18Cl2F3N3O4. The highest BCUT2D eigenvalue weighted by Gasteiger charge is 2.33. The second-order valence-corrected chi connectivity index (χ2v) is 8.79. The van der Waals surface area contributed by atoms with Gasteiger partial charge in [0.2, 0.25) is 0 Å². The first-order valence-electron chi connectivity index (χ1n) is 10.5. The van der Waals surface area contributed by atoms with E-state index in [1.165, 1.54) is 43.1 Å². The van der Waals surface area contributed by atoms with E-state index in [1.807, 2.05) is 0 Å². The van der Waals surface area contributed by atoms with Gasteiger partial charge in [-0.3, -0.25) is 9.78 Å². The number of pyridine rings is 1. The zero-order valence-corrected chi connectivity index (χ0v) is 21.0. The average Bonchev–Trinajstić information content (AvgIpc) is 2.82. The van der Waals surface area contributed by atoms with Gasteiger partial charge in [0.25, 0.3) is 5.91 Å². The number of amides is 1. The van der Waals surface area contributed by atoms with Crippen LogP contribution in [0.25, 0.3) is 11.1 Å². The number of rotatable bonds is 6. The van der Waals surface area contributed by atoms with Gasteiger partial charge in [-0.1, -0.05) is 23.2 Å². The number of anilines is 1. The molecule has 0 fully saturated rings. The monoisotopic (exact) mass is 551 g/mol. The Labute approximate surface area is 219 Å². The number of hydrogen-bond donors (Lipinski definition) is 1. The molecule has 1 heterocycles. The molecule has 0 saturated heterocycles. The minimum absolute atomic E-state index is 0.0137. The van der Waals surface area contributed by atoms with Crippen molar-refractivity contribution < 1.29 is 32.6 Å². The standard InChI is InChI=1S/C25H18Cl2F3N3O4/c1-12-6-16(26)9-20(37-13(2)24(35)36)22(12)33(3)23(34)14-4-5-19(27)17(7-14)18-11-32-21(25(28,29)30)8-15(18)10-31/h4-9,11,13H,1-3H3,(H,35,36). The normalized spacial score (nSPS) is 12.0. The molecule has 1 aromatic heterocycles. The van der Waals surface area contributed by atoms with Crippen molar-refractivity contribution in [3.63, 3.8) is 0 Å². The van der Waals surface area contributed by atoms with Crippen molar-refractivity contribution in [3.8, 4) is 22.9 Å². The molecule has 3 aromatic rings. The number of halogens is 5. The quantitative estimate of drug-likeness (QED) is 0.381. The number of hydrogen-bond acceptors (Lipinski definition) is 5. The number of aliphatic carboxylic acids is 1. The van der Waals surface area contributed by atoms with Crippen molar-refractivity contribution in [1.82, 2.24) is 4.98 Å². The zero-order valence-electron chi connectivity index (χ0n) is 19.5. The van der Waals surface area contributed by atoms with Gasteiger partial charge in [0.15, 0.2) is 6.10 Å². The molecule has 1 atom stereocenters. The van der Waals surface area contributed by atoms with Crippen molar-refractivity contribution in [1.29, 1.82) is 5.26 Å². The highest BCUT2D eigenvalue weighted by molar-refractivity contribution is 6.33. The predicted octanol–water partition coefficient (Wildman–Crippen LogP) is 6.38. The number of carboxylic acids is 1. The summed E-state index contributed by atoms with van der Waals surface area (Å²) in [7, 11) is 1.44. The van der Waals surface area contributed by atoms with E-state index < -0.39 is 29.9 Å². The fourth-order valence-electron chi connectivity index (χ4n) is 3.54. The first kappa shape index (κ1) is 27.8. The van der Waals surface area contributed by atoms with Gasteiger partial charge in [-0.05, 0) is 49.7 Å². The lowest BCUT2D eigenvalue weighted by molar-refractivity contribution is -0.144. The molecule has 1 N–H and O–H groups in total. The molecule has 0 aliphatic carbocycles. The van der Waals surface area contributed by atoms with Crippen molar-refractivity contribution in [3.05, 3.63) is 75.0 Å². The molecule has 2 aromatic carbocycles. The molecule has 37 heavy (non-hydrogen) atoms. The topological polar surface area (TPSA) is 104 Å². The van der Waals surface area contributed by atoms with E-state index in [-0.39, 0.29) is 43.7 Å². The maximum atomic E-state index is 13.4. The van der Waals surface area contributed by atoms with Crippen LogP contribution in [-0.4, -0.2) is 35.1 Å². The van der Waals surface area contributed by atoms with E-state index in [1.54, 1.807) is 19.1 Å². The summed E-state index contributed by atoms with van der Waals surface area (Å²) in [4.78, 5) is 29.4. The van der Waals surface area contributed by atoms with Gasteiger partial charge in [-0.15, -0.1) is 0 Å². The Morgan fingerprint density at radius 3 is 2.43 bits per heavy atom. The number of aryl methyl sites for hydroxylation is 1. The highest BCUT2D eigenvalue weighted by Crippen LogP contribution is 2.38. The van der Waals surface area contributed by atoms with Gasteiger partial charge in [-0.25, -0.2) is 4.79 Å². The lowest BCUT2D eigenvalue weighted by atomic mass is 9.99. The molecule has 12 heteroatoms. The van der Waals surface area contributed by atoms with E-state index in [2.05, 4.69) is 4.98 Å². The van der Waals surface area contributed by atoms with Gasteiger partial charge < -0.3 is 14.7 Å². The van der Waals surface area contributed by atoms with Crippen LogP contribution in [0.15, 0.2) is 42.6 Å². The van der Waals surface area contributed by atoms with E-state index in [4.69, 9.17) is 27.9 Å². The minimum Gasteiger partial charge on any atom is -0.479 e. The van der Waals surface area contributed by atoms with E-state index in [0.717, 1.165) is 6.20 Å². The average molecular weight is 552 g/mol. The summed E-state index contributed by atoms with van der Waals surface area (Å²) in [5.74, 6) is -1.74. The molecule has 3 rings (SSSR count). The SMILES string of the molecule is Cc1cc(Cl)cc(OC(C)C(=O)O)c1N(C)C(=O)c1ccc(Cl)c(-c2cnc(C(F)(F)F)cc2C#N)c1. The lowest BCUT2D eigenvalue weighted by Crippen LogP contribution is -2.29. The number of aromatic nitrogens is 1. The molecule has 0 aliphatic rings. The van der Waals surface area contributed by atoms with Crippen LogP contribution in [0.5, 0.6) is 5.75 Å². The summed E-state index contributed by atoms with van der Waals surface area (Å²) in [6.07, 6.45) is -5.11. The third kappa shape index (κ3) is 5.96. The van der Waals surface area contributed by atoms with Gasteiger partial charge in [0, 0.05) is 46.0 Å². The molecule has 0 radical (unpaired) electrons. The second-order valence-electron chi connectivity index (χ2n) is 7.95. The molecule has 7 nitrogen and oxygen atoms in total. The highest BCUT2D eigenvalue weighted by atomic mass is 35.5. The van der Waals surface area contributed by atoms with E-state index in [9.17, 15) is 33.1 Å². The molecule has 0 aliphatic heterocycles. The predicted molar refractivity (Wildman–Crippen MR) is 131 cm³/mol. The van der Waals surface area contributed by atoms with Crippen molar-refractivity contribution in [2.75, 3.05) is 11.9 Å². The maximum absolute atomic E-state index is 13.4.